The van der Waals surface area contributed by atoms with Crippen LogP contribution < -0.4 is 10.9 Å². The minimum atomic E-state index is -0.589. The van der Waals surface area contributed by atoms with Crippen LogP contribution in [0.5, 0.6) is 0 Å². The quantitative estimate of drug-likeness (QED) is 0.572. The fourth-order valence-corrected chi connectivity index (χ4v) is 2.55. The molecular formula is C16H10Cl4N2O2. The monoisotopic (exact) mass is 402 g/mol. The third-order valence-corrected chi connectivity index (χ3v) is 3.98. The number of benzene rings is 2. The molecule has 0 unspecified atom stereocenters. The second-order valence-electron chi connectivity index (χ2n) is 4.57. The zero-order valence-electron chi connectivity index (χ0n) is 11.9. The van der Waals surface area contributed by atoms with Crippen molar-refractivity contribution in [3.05, 3.63) is 73.7 Å². The number of hydrazine groups is 1. The lowest BCUT2D eigenvalue weighted by Gasteiger charge is -2.07. The third kappa shape index (κ3) is 5.14. The van der Waals surface area contributed by atoms with Gasteiger partial charge >= 0.3 is 0 Å². The van der Waals surface area contributed by atoms with E-state index >= 15 is 0 Å². The fourth-order valence-electron chi connectivity index (χ4n) is 1.70. The van der Waals surface area contributed by atoms with Gasteiger partial charge in [0.15, 0.2) is 0 Å². The topological polar surface area (TPSA) is 58.2 Å². The number of amides is 2. The Morgan fingerprint density at radius 2 is 1.50 bits per heavy atom. The van der Waals surface area contributed by atoms with Crippen LogP contribution >= 0.6 is 46.4 Å². The van der Waals surface area contributed by atoms with Crippen LogP contribution in [-0.2, 0) is 4.79 Å². The number of halogens is 4. The molecule has 124 valence electrons. The van der Waals surface area contributed by atoms with Gasteiger partial charge in [-0.3, -0.25) is 20.4 Å². The van der Waals surface area contributed by atoms with Gasteiger partial charge in [-0.25, -0.2) is 0 Å². The standard InChI is InChI=1S/C16H10Cl4N2O2/c17-10-4-5-13(19)12(7-10)16(24)22-21-15(23)6-2-9-1-3-11(18)8-14(9)20/h1-8H,(H,21,23)(H,22,24)/b6-2+. The molecule has 24 heavy (non-hydrogen) atoms. The zero-order valence-corrected chi connectivity index (χ0v) is 15.0. The summed E-state index contributed by atoms with van der Waals surface area (Å²) in [5.41, 5.74) is 5.23. The molecule has 2 aromatic carbocycles. The van der Waals surface area contributed by atoms with Crippen molar-refractivity contribution >= 4 is 64.3 Å². The first kappa shape index (κ1) is 18.6. The predicted octanol–water partition coefficient (Wildman–Crippen LogP) is 4.77. The van der Waals surface area contributed by atoms with Gasteiger partial charge in [0.05, 0.1) is 10.6 Å². The molecule has 2 N–H and O–H groups in total. The number of nitrogens with one attached hydrogen (secondary N) is 2. The number of hydrogen-bond acceptors (Lipinski definition) is 2. The SMILES string of the molecule is O=C(/C=C/c1ccc(Cl)cc1Cl)NNC(=O)c1cc(Cl)ccc1Cl. The average molecular weight is 404 g/mol. The van der Waals surface area contributed by atoms with E-state index in [9.17, 15) is 9.59 Å². The van der Waals surface area contributed by atoms with E-state index in [1.54, 1.807) is 24.3 Å². The Hall–Kier alpha value is -1.72. The van der Waals surface area contributed by atoms with Gasteiger partial charge in [0.1, 0.15) is 0 Å². The molecule has 0 aromatic heterocycles. The van der Waals surface area contributed by atoms with Crippen molar-refractivity contribution in [2.24, 2.45) is 0 Å². The molecule has 0 aliphatic carbocycles. The van der Waals surface area contributed by atoms with Gasteiger partial charge < -0.3 is 0 Å². The number of rotatable bonds is 3. The van der Waals surface area contributed by atoms with E-state index < -0.39 is 11.8 Å². The lowest BCUT2D eigenvalue weighted by molar-refractivity contribution is -0.117. The maximum Gasteiger partial charge on any atom is 0.271 e. The summed E-state index contributed by atoms with van der Waals surface area (Å²) in [6.07, 6.45) is 2.71. The first-order valence-corrected chi connectivity index (χ1v) is 8.06. The Morgan fingerprint density at radius 1 is 0.833 bits per heavy atom. The third-order valence-electron chi connectivity index (χ3n) is 2.85. The number of carbonyl (C=O) groups is 2. The summed E-state index contributed by atoms with van der Waals surface area (Å²) in [4.78, 5) is 23.7. The van der Waals surface area contributed by atoms with Gasteiger partial charge in [0.2, 0.25) is 0 Å². The van der Waals surface area contributed by atoms with Crippen molar-refractivity contribution in [3.63, 3.8) is 0 Å². The molecule has 0 aliphatic rings. The van der Waals surface area contributed by atoms with Gasteiger partial charge in [-0.1, -0.05) is 52.5 Å². The van der Waals surface area contributed by atoms with E-state index in [2.05, 4.69) is 10.9 Å². The smallest absolute Gasteiger partial charge is 0.268 e. The second-order valence-corrected chi connectivity index (χ2v) is 6.25. The summed E-state index contributed by atoms with van der Waals surface area (Å²) in [6, 6.07) is 9.31. The summed E-state index contributed by atoms with van der Waals surface area (Å²) >= 11 is 23.5. The Morgan fingerprint density at radius 3 is 2.21 bits per heavy atom. The van der Waals surface area contributed by atoms with Crippen molar-refractivity contribution in [2.45, 2.75) is 0 Å². The zero-order chi connectivity index (χ0) is 17.7. The van der Waals surface area contributed by atoms with Crippen LogP contribution in [0.3, 0.4) is 0 Å². The largest absolute Gasteiger partial charge is 0.271 e. The first-order chi connectivity index (χ1) is 11.4. The first-order valence-electron chi connectivity index (χ1n) is 6.55. The molecule has 0 saturated carbocycles. The summed E-state index contributed by atoms with van der Waals surface area (Å²) < 4.78 is 0. The van der Waals surface area contributed by atoms with Crippen molar-refractivity contribution in [2.75, 3.05) is 0 Å². The maximum absolute atomic E-state index is 12.0. The van der Waals surface area contributed by atoms with Gasteiger partial charge in [-0.05, 0) is 42.0 Å². The van der Waals surface area contributed by atoms with Crippen LogP contribution in [0, 0.1) is 0 Å². The Balaban J connectivity index is 1.96. The van der Waals surface area contributed by atoms with Crippen LogP contribution in [-0.4, -0.2) is 11.8 Å². The van der Waals surface area contributed by atoms with Crippen LogP contribution in [0.1, 0.15) is 15.9 Å². The highest BCUT2D eigenvalue weighted by molar-refractivity contribution is 6.36. The molecule has 4 nitrogen and oxygen atoms in total. The number of carbonyl (C=O) groups excluding carboxylic acids is 2. The van der Waals surface area contributed by atoms with Crippen LogP contribution in [0.2, 0.25) is 20.1 Å². The van der Waals surface area contributed by atoms with E-state index in [0.717, 1.165) is 0 Å². The predicted molar refractivity (Wildman–Crippen MR) is 97.6 cm³/mol. The Labute approximate surface area is 158 Å². The van der Waals surface area contributed by atoms with E-state index in [1.807, 2.05) is 0 Å². The van der Waals surface area contributed by atoms with Gasteiger partial charge in [0, 0.05) is 21.1 Å². The summed E-state index contributed by atoms with van der Waals surface area (Å²) in [5, 5.41) is 1.47. The Kier molecular flexibility index (Phi) is 6.52. The molecule has 2 aromatic rings. The highest BCUT2D eigenvalue weighted by Crippen LogP contribution is 2.22. The average Bonchev–Trinajstić information content (AvgIpc) is 2.54. The van der Waals surface area contributed by atoms with Gasteiger partial charge in [-0.15, -0.1) is 0 Å². The molecular weight excluding hydrogens is 394 g/mol. The van der Waals surface area contributed by atoms with E-state index in [-0.39, 0.29) is 10.6 Å². The van der Waals surface area contributed by atoms with E-state index in [0.29, 0.717) is 20.6 Å². The van der Waals surface area contributed by atoms with Gasteiger partial charge in [0.25, 0.3) is 11.8 Å². The van der Waals surface area contributed by atoms with Crippen molar-refractivity contribution in [3.8, 4) is 0 Å². The van der Waals surface area contributed by atoms with Crippen molar-refractivity contribution in [1.29, 1.82) is 0 Å². The molecule has 2 amide bonds. The molecule has 2 rings (SSSR count). The normalized spacial score (nSPS) is 10.7. The fraction of sp³-hybridized carbons (Fsp3) is 0. The molecule has 0 saturated heterocycles. The molecule has 0 spiro atoms. The van der Waals surface area contributed by atoms with Gasteiger partial charge in [-0.2, -0.15) is 0 Å². The lowest BCUT2D eigenvalue weighted by Crippen LogP contribution is -2.40. The van der Waals surface area contributed by atoms with Crippen molar-refractivity contribution < 1.29 is 9.59 Å². The molecule has 0 aliphatic heterocycles. The Bertz CT molecular complexity index is 822. The summed E-state index contributed by atoms with van der Waals surface area (Å²) in [6.45, 7) is 0. The molecule has 0 atom stereocenters. The molecule has 0 bridgehead atoms. The second kappa shape index (κ2) is 8.40. The maximum atomic E-state index is 12.0. The summed E-state index contributed by atoms with van der Waals surface area (Å²) in [7, 11) is 0. The van der Waals surface area contributed by atoms with Crippen molar-refractivity contribution in [1.82, 2.24) is 10.9 Å². The van der Waals surface area contributed by atoms with Crippen LogP contribution in [0.15, 0.2) is 42.5 Å². The molecule has 0 fully saturated rings. The highest BCUT2D eigenvalue weighted by atomic mass is 35.5. The van der Waals surface area contributed by atoms with Crippen LogP contribution in [0.25, 0.3) is 6.08 Å². The molecule has 0 heterocycles. The van der Waals surface area contributed by atoms with E-state index in [1.165, 1.54) is 24.3 Å². The molecule has 8 heteroatoms. The van der Waals surface area contributed by atoms with E-state index in [4.69, 9.17) is 46.4 Å². The summed E-state index contributed by atoms with van der Waals surface area (Å²) in [5.74, 6) is -1.14. The molecule has 0 radical (unpaired) electrons. The lowest BCUT2D eigenvalue weighted by atomic mass is 10.2. The minimum absolute atomic E-state index is 0.147. The highest BCUT2D eigenvalue weighted by Gasteiger charge is 2.11. The van der Waals surface area contributed by atoms with Crippen LogP contribution in [0.4, 0.5) is 0 Å². The number of hydrogen-bond donors (Lipinski definition) is 2. The minimum Gasteiger partial charge on any atom is -0.268 e.